The van der Waals surface area contributed by atoms with Crippen molar-refractivity contribution in [3.8, 4) is 0 Å². The molecule has 112 valence electrons. The van der Waals surface area contributed by atoms with Crippen LogP contribution in [0.3, 0.4) is 0 Å². The number of piperidine rings is 1. The molecule has 0 spiro atoms. The van der Waals surface area contributed by atoms with Crippen molar-refractivity contribution in [2.24, 2.45) is 11.1 Å². The maximum absolute atomic E-state index is 12.3. The van der Waals surface area contributed by atoms with Crippen molar-refractivity contribution in [1.29, 1.82) is 0 Å². The Hall–Kier alpha value is -0.810. The minimum Gasteiger partial charge on any atom is -0.444 e. The molecule has 3 N–H and O–H groups in total. The fourth-order valence-corrected chi connectivity index (χ4v) is 2.43. The Morgan fingerprint density at radius 1 is 1.53 bits per heavy atom. The van der Waals surface area contributed by atoms with Gasteiger partial charge in [0.25, 0.3) is 0 Å². The molecule has 1 fully saturated rings. The highest BCUT2D eigenvalue weighted by atomic mass is 16.6. The number of hydrogen-bond donors (Lipinski definition) is 2. The van der Waals surface area contributed by atoms with Crippen LogP contribution in [0.4, 0.5) is 4.79 Å². The molecule has 0 aromatic rings. The lowest BCUT2D eigenvalue weighted by atomic mass is 9.80. The molecule has 1 rings (SSSR count). The zero-order valence-corrected chi connectivity index (χ0v) is 12.8. The molecule has 1 unspecified atom stereocenters. The van der Waals surface area contributed by atoms with Crippen LogP contribution in [-0.2, 0) is 4.74 Å². The quantitative estimate of drug-likeness (QED) is 0.802. The number of amides is 1. The second-order valence-electron chi connectivity index (χ2n) is 7.18. The third-order valence-electron chi connectivity index (χ3n) is 3.43. The van der Waals surface area contributed by atoms with Gasteiger partial charge in [0.1, 0.15) is 5.60 Å². The van der Waals surface area contributed by atoms with E-state index in [1.54, 1.807) is 4.90 Å². The summed E-state index contributed by atoms with van der Waals surface area (Å²) in [4.78, 5) is 13.9. The molecule has 0 aromatic heterocycles. The number of ether oxygens (including phenoxy) is 1. The van der Waals surface area contributed by atoms with E-state index in [-0.39, 0.29) is 24.1 Å². The Morgan fingerprint density at radius 2 is 2.11 bits per heavy atom. The van der Waals surface area contributed by atoms with Crippen LogP contribution in [-0.4, -0.2) is 46.9 Å². The number of aliphatic hydroxyl groups excluding tert-OH is 1. The zero-order chi connectivity index (χ0) is 14.8. The van der Waals surface area contributed by atoms with Crippen LogP contribution < -0.4 is 5.73 Å². The van der Waals surface area contributed by atoms with Crippen molar-refractivity contribution in [2.75, 3.05) is 13.1 Å². The SMILES string of the molecule is CC1(C)CCC([C@@H](O)CN)N(C(=O)OC(C)(C)C)C1. The number of nitrogens with two attached hydrogens (primary N) is 1. The number of carbonyl (C=O) groups is 1. The van der Waals surface area contributed by atoms with Crippen molar-refractivity contribution in [3.63, 3.8) is 0 Å². The van der Waals surface area contributed by atoms with Gasteiger partial charge in [0, 0.05) is 13.1 Å². The molecule has 1 aliphatic heterocycles. The Bertz CT molecular complexity index is 323. The standard InChI is InChI=1S/C14H28N2O3/c1-13(2,3)19-12(18)16-9-14(4,5)7-6-10(16)11(17)8-15/h10-11,17H,6-9,15H2,1-5H3/t10?,11-/m0/s1. The van der Waals surface area contributed by atoms with Crippen molar-refractivity contribution in [2.45, 2.75) is 65.2 Å². The lowest BCUT2D eigenvalue weighted by Crippen LogP contribution is -2.56. The van der Waals surface area contributed by atoms with Gasteiger partial charge in [-0.3, -0.25) is 0 Å². The number of carbonyl (C=O) groups excluding carboxylic acids is 1. The van der Waals surface area contributed by atoms with E-state index < -0.39 is 11.7 Å². The van der Waals surface area contributed by atoms with E-state index in [1.807, 2.05) is 20.8 Å². The van der Waals surface area contributed by atoms with Crippen LogP contribution in [0.2, 0.25) is 0 Å². The van der Waals surface area contributed by atoms with E-state index >= 15 is 0 Å². The van der Waals surface area contributed by atoms with Gasteiger partial charge in [-0.05, 0) is 39.0 Å². The molecule has 1 saturated heterocycles. The molecule has 0 aliphatic carbocycles. The average Bonchev–Trinajstić information content (AvgIpc) is 2.24. The van der Waals surface area contributed by atoms with Gasteiger partial charge in [-0.25, -0.2) is 4.79 Å². The van der Waals surface area contributed by atoms with Crippen LogP contribution in [0.5, 0.6) is 0 Å². The third-order valence-corrected chi connectivity index (χ3v) is 3.43. The fraction of sp³-hybridized carbons (Fsp3) is 0.929. The summed E-state index contributed by atoms with van der Waals surface area (Å²) in [5, 5.41) is 10.00. The first-order valence-corrected chi connectivity index (χ1v) is 6.93. The molecule has 1 aliphatic rings. The molecule has 2 atom stereocenters. The van der Waals surface area contributed by atoms with Gasteiger partial charge in [0.15, 0.2) is 0 Å². The second kappa shape index (κ2) is 5.67. The van der Waals surface area contributed by atoms with Crippen LogP contribution in [0.1, 0.15) is 47.5 Å². The monoisotopic (exact) mass is 272 g/mol. The highest BCUT2D eigenvalue weighted by molar-refractivity contribution is 5.69. The molecular formula is C14H28N2O3. The lowest BCUT2D eigenvalue weighted by Gasteiger charge is -2.45. The molecule has 0 bridgehead atoms. The van der Waals surface area contributed by atoms with Crippen molar-refractivity contribution in [1.82, 2.24) is 4.90 Å². The number of rotatable bonds is 2. The Kier molecular flexibility index (Phi) is 4.85. The van der Waals surface area contributed by atoms with E-state index in [4.69, 9.17) is 10.5 Å². The first-order chi connectivity index (χ1) is 8.56. The van der Waals surface area contributed by atoms with Gasteiger partial charge in [0.05, 0.1) is 12.1 Å². The van der Waals surface area contributed by atoms with Gasteiger partial charge in [-0.15, -0.1) is 0 Å². The van der Waals surface area contributed by atoms with Crippen LogP contribution in [0, 0.1) is 5.41 Å². The molecule has 0 saturated carbocycles. The highest BCUT2D eigenvalue weighted by Gasteiger charge is 2.40. The Labute approximate surface area is 116 Å². The van der Waals surface area contributed by atoms with Crippen LogP contribution >= 0.6 is 0 Å². The lowest BCUT2D eigenvalue weighted by molar-refractivity contribution is -0.0350. The maximum atomic E-state index is 12.3. The summed E-state index contributed by atoms with van der Waals surface area (Å²) in [6, 6.07) is -0.243. The first-order valence-electron chi connectivity index (χ1n) is 6.93. The van der Waals surface area contributed by atoms with Gasteiger partial charge in [0.2, 0.25) is 0 Å². The number of aliphatic hydroxyl groups is 1. The summed E-state index contributed by atoms with van der Waals surface area (Å²) in [7, 11) is 0. The molecule has 19 heavy (non-hydrogen) atoms. The van der Waals surface area contributed by atoms with Gasteiger partial charge < -0.3 is 20.5 Å². The fourth-order valence-electron chi connectivity index (χ4n) is 2.43. The minimum atomic E-state index is -0.691. The highest BCUT2D eigenvalue weighted by Crippen LogP contribution is 2.33. The first kappa shape index (κ1) is 16.2. The Morgan fingerprint density at radius 3 is 2.58 bits per heavy atom. The number of hydrogen-bond acceptors (Lipinski definition) is 4. The second-order valence-corrected chi connectivity index (χ2v) is 7.18. The predicted molar refractivity (Wildman–Crippen MR) is 74.8 cm³/mol. The van der Waals surface area contributed by atoms with Crippen LogP contribution in [0.15, 0.2) is 0 Å². The number of nitrogens with zero attached hydrogens (tertiary/aromatic N) is 1. The normalized spacial score (nSPS) is 25.0. The summed E-state index contributed by atoms with van der Waals surface area (Å²) in [6.45, 7) is 10.5. The molecule has 5 heteroatoms. The van der Waals surface area contributed by atoms with E-state index in [1.165, 1.54) is 0 Å². The molecular weight excluding hydrogens is 244 g/mol. The minimum absolute atomic E-state index is 0.0434. The summed E-state index contributed by atoms with van der Waals surface area (Å²) >= 11 is 0. The van der Waals surface area contributed by atoms with Gasteiger partial charge in [-0.2, -0.15) is 0 Å². The zero-order valence-electron chi connectivity index (χ0n) is 12.8. The molecule has 1 heterocycles. The van der Waals surface area contributed by atoms with E-state index in [2.05, 4.69) is 13.8 Å². The smallest absolute Gasteiger partial charge is 0.410 e. The maximum Gasteiger partial charge on any atom is 0.410 e. The molecule has 1 amide bonds. The topological polar surface area (TPSA) is 75.8 Å². The average molecular weight is 272 g/mol. The van der Waals surface area contributed by atoms with Crippen LogP contribution in [0.25, 0.3) is 0 Å². The van der Waals surface area contributed by atoms with Crippen molar-refractivity contribution in [3.05, 3.63) is 0 Å². The van der Waals surface area contributed by atoms with Crippen molar-refractivity contribution >= 4 is 6.09 Å². The predicted octanol–water partition coefficient (Wildman–Crippen LogP) is 1.73. The van der Waals surface area contributed by atoms with Crippen molar-refractivity contribution < 1.29 is 14.6 Å². The summed E-state index contributed by atoms with van der Waals surface area (Å²) < 4.78 is 5.43. The number of likely N-dealkylation sites (tertiary alicyclic amines) is 1. The summed E-state index contributed by atoms with van der Waals surface area (Å²) in [5.41, 5.74) is 5.04. The van der Waals surface area contributed by atoms with E-state index in [0.29, 0.717) is 6.54 Å². The van der Waals surface area contributed by atoms with Gasteiger partial charge >= 0.3 is 6.09 Å². The third kappa shape index (κ3) is 4.66. The summed E-state index contributed by atoms with van der Waals surface area (Å²) in [5.74, 6) is 0. The van der Waals surface area contributed by atoms with Gasteiger partial charge in [-0.1, -0.05) is 13.8 Å². The summed E-state index contributed by atoms with van der Waals surface area (Å²) in [6.07, 6.45) is 0.667. The molecule has 0 aromatic carbocycles. The largest absolute Gasteiger partial charge is 0.444 e. The van der Waals surface area contributed by atoms with E-state index in [9.17, 15) is 9.90 Å². The van der Waals surface area contributed by atoms with E-state index in [0.717, 1.165) is 12.8 Å². The molecule has 0 radical (unpaired) electrons. The Balaban J connectivity index is 2.85. The molecule has 5 nitrogen and oxygen atoms in total.